The van der Waals surface area contributed by atoms with Crippen molar-refractivity contribution in [3.63, 3.8) is 0 Å². The highest BCUT2D eigenvalue weighted by molar-refractivity contribution is 5.79. The lowest BCUT2D eigenvalue weighted by Crippen LogP contribution is -2.47. The first kappa shape index (κ1) is 20.7. The zero-order chi connectivity index (χ0) is 17.6. The van der Waals surface area contributed by atoms with Crippen LogP contribution in [0.1, 0.15) is 38.5 Å². The number of unbranched alkanes of at least 4 members (excludes halogenated alkanes) is 1. The number of piperidine rings is 1. The monoisotopic (exact) mass is 343 g/mol. The molecule has 0 bridgehead atoms. The van der Waals surface area contributed by atoms with Gasteiger partial charge in [0.2, 0.25) is 0 Å². The second kappa shape index (κ2) is 13.0. The van der Waals surface area contributed by atoms with Gasteiger partial charge < -0.3 is 24.4 Å². The summed E-state index contributed by atoms with van der Waals surface area (Å²) in [6.45, 7) is 4.25. The number of nitrogens with one attached hydrogen (secondary N) is 1. The van der Waals surface area contributed by atoms with E-state index in [0.29, 0.717) is 12.5 Å². The minimum Gasteiger partial charge on any atom is -0.469 e. The smallest absolute Gasteiger partial charge is 0.305 e. The summed E-state index contributed by atoms with van der Waals surface area (Å²) in [5.74, 6) is 0.790. The maximum Gasteiger partial charge on any atom is 0.305 e. The summed E-state index contributed by atoms with van der Waals surface area (Å²) in [5, 5.41) is 3.37. The Kier molecular flexibility index (Phi) is 11.2. The zero-order valence-corrected chi connectivity index (χ0v) is 15.4. The molecule has 0 aromatic heterocycles. The molecule has 0 saturated carbocycles. The third-order valence-corrected chi connectivity index (χ3v) is 4.12. The third-order valence-electron chi connectivity index (χ3n) is 4.12. The van der Waals surface area contributed by atoms with E-state index in [0.717, 1.165) is 70.9 Å². The average molecular weight is 343 g/mol. The van der Waals surface area contributed by atoms with Gasteiger partial charge in [-0.2, -0.15) is 0 Å². The number of esters is 1. The Morgan fingerprint density at radius 2 is 1.92 bits per heavy atom. The molecule has 0 amide bonds. The van der Waals surface area contributed by atoms with E-state index in [4.69, 9.17) is 9.47 Å². The summed E-state index contributed by atoms with van der Waals surface area (Å²) in [7, 11) is 4.95. The molecule has 7 nitrogen and oxygen atoms in total. The van der Waals surface area contributed by atoms with E-state index in [2.05, 4.69) is 19.9 Å². The topological polar surface area (TPSA) is 72.4 Å². The van der Waals surface area contributed by atoms with Crippen molar-refractivity contribution >= 4 is 11.9 Å². The van der Waals surface area contributed by atoms with E-state index >= 15 is 0 Å². The van der Waals surface area contributed by atoms with Gasteiger partial charge in [0.15, 0.2) is 5.96 Å². The van der Waals surface area contributed by atoms with E-state index < -0.39 is 0 Å². The van der Waals surface area contributed by atoms with Gasteiger partial charge in [-0.1, -0.05) is 0 Å². The van der Waals surface area contributed by atoms with Gasteiger partial charge in [0.25, 0.3) is 0 Å². The van der Waals surface area contributed by atoms with Crippen molar-refractivity contribution in [3.05, 3.63) is 0 Å². The van der Waals surface area contributed by atoms with E-state index in [-0.39, 0.29) is 5.97 Å². The number of hydrogen-bond acceptors (Lipinski definition) is 5. The molecule has 1 aliphatic rings. The Hall–Kier alpha value is -1.34. The number of carbonyl (C=O) groups is 1. The first-order chi connectivity index (χ1) is 11.7. The van der Waals surface area contributed by atoms with Crippen LogP contribution >= 0.6 is 0 Å². The Labute approximate surface area is 145 Å². The molecule has 1 heterocycles. The highest BCUT2D eigenvalue weighted by atomic mass is 16.5. The Morgan fingerprint density at radius 3 is 2.54 bits per heavy atom. The van der Waals surface area contributed by atoms with Gasteiger partial charge in [-0.25, -0.2) is 0 Å². The first-order valence-electron chi connectivity index (χ1n) is 8.84. The van der Waals surface area contributed by atoms with Gasteiger partial charge in [0.05, 0.1) is 13.2 Å². The van der Waals surface area contributed by atoms with Gasteiger partial charge in [-0.05, 0) is 32.1 Å². The number of likely N-dealkylation sites (tertiary alicyclic amines) is 1. The lowest BCUT2D eigenvalue weighted by molar-refractivity contribution is -0.140. The molecule has 0 radical (unpaired) electrons. The summed E-state index contributed by atoms with van der Waals surface area (Å²) in [6.07, 6.45) is 5.57. The molecule has 1 N–H and O–H groups in total. The highest BCUT2D eigenvalue weighted by Crippen LogP contribution is 2.14. The standard InChI is InChI=1S/C17H33N3O4/c1-18-17(19-10-5-4-7-16(21)23-3)20-11-8-15(9-12-20)24-14-6-13-22-2/h15H,4-14H2,1-3H3,(H,18,19). The number of aliphatic imine (C=N–C) groups is 1. The van der Waals surface area contributed by atoms with Crippen molar-refractivity contribution in [2.75, 3.05) is 54.1 Å². The quantitative estimate of drug-likeness (QED) is 0.280. The Bertz CT molecular complexity index is 369. The minimum atomic E-state index is -0.146. The van der Waals surface area contributed by atoms with E-state index in [1.54, 1.807) is 7.11 Å². The van der Waals surface area contributed by atoms with Gasteiger partial charge in [-0.3, -0.25) is 9.79 Å². The van der Waals surface area contributed by atoms with E-state index in [1.165, 1.54) is 7.11 Å². The van der Waals surface area contributed by atoms with Crippen molar-refractivity contribution < 1.29 is 19.0 Å². The minimum absolute atomic E-state index is 0.146. The molecule has 0 atom stereocenters. The largest absolute Gasteiger partial charge is 0.469 e. The first-order valence-corrected chi connectivity index (χ1v) is 8.84. The maximum atomic E-state index is 11.1. The summed E-state index contributed by atoms with van der Waals surface area (Å²) in [6, 6.07) is 0. The molecule has 140 valence electrons. The second-order valence-electron chi connectivity index (χ2n) is 5.91. The highest BCUT2D eigenvalue weighted by Gasteiger charge is 2.21. The molecule has 0 aliphatic carbocycles. The molecular weight excluding hydrogens is 310 g/mol. The Morgan fingerprint density at radius 1 is 1.17 bits per heavy atom. The van der Waals surface area contributed by atoms with Gasteiger partial charge in [0, 0.05) is 53.4 Å². The van der Waals surface area contributed by atoms with E-state index in [1.807, 2.05) is 7.05 Å². The fourth-order valence-electron chi connectivity index (χ4n) is 2.72. The molecule has 1 fully saturated rings. The molecule has 1 saturated heterocycles. The predicted octanol–water partition coefficient (Wildman–Crippen LogP) is 1.42. The molecule has 7 heteroatoms. The van der Waals surface area contributed by atoms with Crippen LogP contribution in [0.15, 0.2) is 4.99 Å². The third kappa shape index (κ3) is 8.49. The summed E-state index contributed by atoms with van der Waals surface area (Å²) < 4.78 is 15.5. The van der Waals surface area contributed by atoms with Crippen LogP contribution in [0, 0.1) is 0 Å². The average Bonchev–Trinajstić information content (AvgIpc) is 2.62. The number of rotatable bonds is 10. The van der Waals surface area contributed by atoms with Gasteiger partial charge in [-0.15, -0.1) is 0 Å². The number of hydrogen-bond donors (Lipinski definition) is 1. The number of nitrogens with zero attached hydrogens (tertiary/aromatic N) is 2. The zero-order valence-electron chi connectivity index (χ0n) is 15.4. The normalized spacial score (nSPS) is 16.3. The molecular formula is C17H33N3O4. The van der Waals surface area contributed by atoms with Crippen LogP contribution in [0.2, 0.25) is 0 Å². The van der Waals surface area contributed by atoms with Crippen molar-refractivity contribution in [1.82, 2.24) is 10.2 Å². The number of guanidine groups is 1. The molecule has 24 heavy (non-hydrogen) atoms. The summed E-state index contributed by atoms with van der Waals surface area (Å²) >= 11 is 0. The van der Waals surface area contributed by atoms with Crippen molar-refractivity contribution in [2.24, 2.45) is 4.99 Å². The van der Waals surface area contributed by atoms with E-state index in [9.17, 15) is 4.79 Å². The van der Waals surface area contributed by atoms with Gasteiger partial charge in [0.1, 0.15) is 0 Å². The SMILES string of the molecule is CN=C(NCCCCC(=O)OC)N1CCC(OCCCOC)CC1. The molecule has 0 aromatic carbocycles. The van der Waals surface area contributed by atoms with Crippen LogP contribution in [0.25, 0.3) is 0 Å². The maximum absolute atomic E-state index is 11.1. The molecule has 0 spiro atoms. The second-order valence-corrected chi connectivity index (χ2v) is 5.91. The molecule has 0 unspecified atom stereocenters. The predicted molar refractivity (Wildman–Crippen MR) is 94.3 cm³/mol. The number of methoxy groups -OCH3 is 2. The summed E-state index contributed by atoms with van der Waals surface area (Å²) in [5.41, 5.74) is 0. The Balaban J connectivity index is 2.15. The van der Waals surface area contributed by atoms with Crippen LogP contribution in [0.5, 0.6) is 0 Å². The summed E-state index contributed by atoms with van der Waals surface area (Å²) in [4.78, 5) is 17.7. The van der Waals surface area contributed by atoms with Crippen LogP contribution in [-0.4, -0.2) is 77.0 Å². The fraction of sp³-hybridized carbons (Fsp3) is 0.882. The molecule has 1 aliphatic heterocycles. The van der Waals surface area contributed by atoms with Gasteiger partial charge >= 0.3 is 5.97 Å². The van der Waals surface area contributed by atoms with Crippen molar-refractivity contribution in [2.45, 2.75) is 44.6 Å². The van der Waals surface area contributed by atoms with Crippen LogP contribution in [0.3, 0.4) is 0 Å². The molecule has 1 rings (SSSR count). The lowest BCUT2D eigenvalue weighted by Gasteiger charge is -2.34. The number of ether oxygens (including phenoxy) is 3. The van der Waals surface area contributed by atoms with Crippen molar-refractivity contribution in [3.8, 4) is 0 Å². The van der Waals surface area contributed by atoms with Crippen molar-refractivity contribution in [1.29, 1.82) is 0 Å². The van der Waals surface area contributed by atoms with Crippen LogP contribution in [0.4, 0.5) is 0 Å². The molecule has 0 aromatic rings. The number of carbonyl (C=O) groups excluding carboxylic acids is 1. The lowest BCUT2D eigenvalue weighted by atomic mass is 10.1. The van der Waals surface area contributed by atoms with Crippen LogP contribution < -0.4 is 5.32 Å². The van der Waals surface area contributed by atoms with Crippen LogP contribution in [-0.2, 0) is 19.0 Å². The fourth-order valence-corrected chi connectivity index (χ4v) is 2.72.